The number of nitrogens with one attached hydrogen (secondary N) is 2. The van der Waals surface area contributed by atoms with Crippen molar-refractivity contribution in [3.63, 3.8) is 0 Å². The summed E-state index contributed by atoms with van der Waals surface area (Å²) in [5.74, 6) is 0.198. The zero-order valence-electron chi connectivity index (χ0n) is 17.7. The fourth-order valence-corrected chi connectivity index (χ4v) is 3.39. The van der Waals surface area contributed by atoms with Gasteiger partial charge in [-0.1, -0.05) is 31.1 Å². The minimum Gasteiger partial charge on any atom is -0.345 e. The molecule has 1 unspecified atom stereocenters. The number of pyridine rings is 1. The van der Waals surface area contributed by atoms with Gasteiger partial charge in [-0.15, -0.1) is 0 Å². The van der Waals surface area contributed by atoms with Gasteiger partial charge < -0.3 is 15.2 Å². The minimum absolute atomic E-state index is 0.0795. The van der Waals surface area contributed by atoms with E-state index in [0.29, 0.717) is 22.4 Å². The van der Waals surface area contributed by atoms with Crippen LogP contribution in [0.2, 0.25) is 0 Å². The van der Waals surface area contributed by atoms with E-state index >= 15 is 0 Å². The van der Waals surface area contributed by atoms with Crippen molar-refractivity contribution < 1.29 is 14.1 Å². The van der Waals surface area contributed by atoms with Gasteiger partial charge in [0.1, 0.15) is 0 Å². The Labute approximate surface area is 175 Å². The van der Waals surface area contributed by atoms with Gasteiger partial charge in [0.25, 0.3) is 11.6 Å². The molecule has 7 nitrogen and oxygen atoms in total. The number of benzene rings is 1. The molecular formula is C23H26N4O3. The molecule has 0 aliphatic heterocycles. The normalized spacial score (nSPS) is 14.7. The van der Waals surface area contributed by atoms with E-state index in [1.807, 2.05) is 51.1 Å². The number of carbonyl (C=O) groups excluding carboxylic acids is 2. The molecule has 1 atom stereocenters. The lowest BCUT2D eigenvalue weighted by Gasteiger charge is -2.16. The first-order chi connectivity index (χ1) is 14.3. The maximum Gasteiger partial charge on any atom is 0.259 e. The lowest BCUT2D eigenvalue weighted by molar-refractivity contribution is -0.117. The molecule has 2 heterocycles. The molecule has 0 radical (unpaired) electrons. The molecule has 3 aromatic rings. The standard InChI is InChI=1S/C23H26N4O3/c1-12(2)19-11-18(20-14(4)27-30-23(20)26-19)22(29)24-13(3)15-7-9-17(10-8-15)25-21(28)16-5-6-16/h7-13,16H,5-6H2,1-4H3,(H,24,29)(H,25,28). The number of carbonyl (C=O) groups is 2. The zero-order valence-corrected chi connectivity index (χ0v) is 17.7. The molecule has 2 aromatic heterocycles. The molecular weight excluding hydrogens is 380 g/mol. The molecule has 1 fully saturated rings. The Kier molecular flexibility index (Phi) is 5.28. The zero-order chi connectivity index (χ0) is 21.4. The van der Waals surface area contributed by atoms with Crippen molar-refractivity contribution in [2.75, 3.05) is 5.32 Å². The van der Waals surface area contributed by atoms with Crippen LogP contribution in [0.25, 0.3) is 11.1 Å². The number of nitrogens with zero attached hydrogens (tertiary/aromatic N) is 2. The number of amides is 2. The molecule has 0 saturated heterocycles. The highest BCUT2D eigenvalue weighted by molar-refractivity contribution is 6.06. The van der Waals surface area contributed by atoms with Crippen molar-refractivity contribution in [2.24, 2.45) is 5.92 Å². The Morgan fingerprint density at radius 2 is 1.83 bits per heavy atom. The van der Waals surface area contributed by atoms with E-state index in [1.165, 1.54) is 0 Å². The van der Waals surface area contributed by atoms with Crippen LogP contribution in [-0.4, -0.2) is 22.0 Å². The Morgan fingerprint density at radius 1 is 1.13 bits per heavy atom. The lowest BCUT2D eigenvalue weighted by Crippen LogP contribution is -2.27. The van der Waals surface area contributed by atoms with Gasteiger partial charge in [-0.2, -0.15) is 0 Å². The van der Waals surface area contributed by atoms with E-state index in [-0.39, 0.29) is 29.7 Å². The molecule has 156 valence electrons. The number of hydrogen-bond acceptors (Lipinski definition) is 5. The van der Waals surface area contributed by atoms with E-state index in [9.17, 15) is 9.59 Å². The number of aromatic nitrogens is 2. The van der Waals surface area contributed by atoms with Crippen LogP contribution < -0.4 is 10.6 Å². The van der Waals surface area contributed by atoms with Crippen molar-refractivity contribution in [1.29, 1.82) is 0 Å². The van der Waals surface area contributed by atoms with Crippen LogP contribution in [0.4, 0.5) is 5.69 Å². The molecule has 7 heteroatoms. The predicted molar refractivity (Wildman–Crippen MR) is 114 cm³/mol. The Bertz CT molecular complexity index is 1100. The van der Waals surface area contributed by atoms with Crippen molar-refractivity contribution >= 4 is 28.6 Å². The smallest absolute Gasteiger partial charge is 0.259 e. The topological polar surface area (TPSA) is 97.1 Å². The summed E-state index contributed by atoms with van der Waals surface area (Å²) in [5.41, 5.74) is 4.04. The van der Waals surface area contributed by atoms with Crippen LogP contribution in [0, 0.1) is 12.8 Å². The summed E-state index contributed by atoms with van der Waals surface area (Å²) in [6.07, 6.45) is 1.94. The van der Waals surface area contributed by atoms with E-state index in [4.69, 9.17) is 4.52 Å². The highest BCUT2D eigenvalue weighted by Gasteiger charge is 2.29. The fourth-order valence-electron chi connectivity index (χ4n) is 3.39. The van der Waals surface area contributed by atoms with E-state index in [1.54, 1.807) is 6.92 Å². The SMILES string of the molecule is Cc1noc2nc(C(C)C)cc(C(=O)NC(C)c3ccc(NC(=O)C4CC4)cc3)c12. The van der Waals surface area contributed by atoms with Gasteiger partial charge in [0.2, 0.25) is 5.91 Å². The first kappa shape index (κ1) is 20.1. The van der Waals surface area contributed by atoms with Crippen LogP contribution in [0.3, 0.4) is 0 Å². The highest BCUT2D eigenvalue weighted by atomic mass is 16.5. The second-order valence-electron chi connectivity index (χ2n) is 8.28. The highest BCUT2D eigenvalue weighted by Crippen LogP contribution is 2.30. The summed E-state index contributed by atoms with van der Waals surface area (Å²) in [4.78, 5) is 29.5. The molecule has 2 N–H and O–H groups in total. The maximum absolute atomic E-state index is 13.1. The summed E-state index contributed by atoms with van der Waals surface area (Å²) >= 11 is 0. The predicted octanol–water partition coefficient (Wildman–Crippen LogP) is 4.49. The van der Waals surface area contributed by atoms with Crippen LogP contribution in [0.15, 0.2) is 34.9 Å². The summed E-state index contributed by atoms with van der Waals surface area (Å²) in [6, 6.07) is 9.17. The molecule has 1 aliphatic carbocycles. The van der Waals surface area contributed by atoms with Crippen molar-refractivity contribution in [3.8, 4) is 0 Å². The van der Waals surface area contributed by atoms with Gasteiger partial charge in [0, 0.05) is 17.3 Å². The first-order valence-corrected chi connectivity index (χ1v) is 10.3. The third kappa shape index (κ3) is 4.06. The van der Waals surface area contributed by atoms with Crippen LogP contribution in [-0.2, 0) is 4.79 Å². The molecule has 1 aliphatic rings. The van der Waals surface area contributed by atoms with Gasteiger partial charge in [-0.25, -0.2) is 4.98 Å². The number of aryl methyl sites for hydroxylation is 1. The Balaban J connectivity index is 1.52. The van der Waals surface area contributed by atoms with Crippen molar-refractivity contribution in [2.45, 2.75) is 52.5 Å². The lowest BCUT2D eigenvalue weighted by atomic mass is 10.0. The Morgan fingerprint density at radius 3 is 2.47 bits per heavy atom. The molecule has 1 saturated carbocycles. The van der Waals surface area contributed by atoms with Crippen LogP contribution in [0.1, 0.15) is 72.9 Å². The van der Waals surface area contributed by atoms with Gasteiger partial charge in [0.15, 0.2) is 0 Å². The fraction of sp³-hybridized carbons (Fsp3) is 0.391. The molecule has 30 heavy (non-hydrogen) atoms. The van der Waals surface area contributed by atoms with Crippen molar-refractivity contribution in [1.82, 2.24) is 15.5 Å². The monoisotopic (exact) mass is 406 g/mol. The third-order valence-corrected chi connectivity index (χ3v) is 5.45. The summed E-state index contributed by atoms with van der Waals surface area (Å²) in [5, 5.41) is 10.6. The molecule has 0 spiro atoms. The quantitative estimate of drug-likeness (QED) is 0.628. The largest absolute Gasteiger partial charge is 0.345 e. The summed E-state index contributed by atoms with van der Waals surface area (Å²) in [6.45, 7) is 7.77. The molecule has 4 rings (SSSR count). The third-order valence-electron chi connectivity index (χ3n) is 5.45. The number of fused-ring (bicyclic) bond motifs is 1. The van der Waals surface area contributed by atoms with E-state index in [0.717, 1.165) is 29.8 Å². The maximum atomic E-state index is 13.1. The second-order valence-corrected chi connectivity index (χ2v) is 8.28. The average molecular weight is 406 g/mol. The number of rotatable bonds is 6. The van der Waals surface area contributed by atoms with Crippen LogP contribution >= 0.6 is 0 Å². The molecule has 1 aromatic carbocycles. The first-order valence-electron chi connectivity index (χ1n) is 10.3. The van der Waals surface area contributed by atoms with Crippen LogP contribution in [0.5, 0.6) is 0 Å². The summed E-state index contributed by atoms with van der Waals surface area (Å²) < 4.78 is 5.31. The van der Waals surface area contributed by atoms with E-state index < -0.39 is 0 Å². The second kappa shape index (κ2) is 7.89. The van der Waals surface area contributed by atoms with Gasteiger partial charge in [-0.3, -0.25) is 9.59 Å². The van der Waals surface area contributed by atoms with Gasteiger partial charge in [-0.05, 0) is 56.4 Å². The molecule has 2 amide bonds. The Hall–Kier alpha value is -3.22. The minimum atomic E-state index is -0.212. The molecule has 0 bridgehead atoms. The summed E-state index contributed by atoms with van der Waals surface area (Å²) in [7, 11) is 0. The van der Waals surface area contributed by atoms with E-state index in [2.05, 4.69) is 20.8 Å². The van der Waals surface area contributed by atoms with Crippen molar-refractivity contribution in [3.05, 3.63) is 52.8 Å². The number of anilines is 1. The van der Waals surface area contributed by atoms with Gasteiger partial charge >= 0.3 is 0 Å². The number of hydrogen-bond donors (Lipinski definition) is 2. The average Bonchev–Trinajstić information content (AvgIpc) is 3.51. The van der Waals surface area contributed by atoms with Gasteiger partial charge in [0.05, 0.1) is 22.7 Å².